The van der Waals surface area contributed by atoms with Gasteiger partial charge in [0.25, 0.3) is 0 Å². The summed E-state index contributed by atoms with van der Waals surface area (Å²) in [4.78, 5) is 0. The first-order valence-electron chi connectivity index (χ1n) is 7.77. The molecule has 1 aromatic rings. The summed E-state index contributed by atoms with van der Waals surface area (Å²) in [5, 5.41) is 3.77. The summed E-state index contributed by atoms with van der Waals surface area (Å²) in [5.41, 5.74) is 3.24. The number of rotatable bonds is 4. The molecule has 0 saturated carbocycles. The lowest BCUT2D eigenvalue weighted by molar-refractivity contribution is 0.0163. The largest absolute Gasteiger partial charge is 0.373 e. The van der Waals surface area contributed by atoms with E-state index in [0.717, 1.165) is 19.4 Å². The van der Waals surface area contributed by atoms with E-state index in [1.807, 2.05) is 0 Å². The molecule has 3 rings (SSSR count). The molecule has 104 valence electrons. The molecule has 2 unspecified atom stereocenters. The first kappa shape index (κ1) is 13.1. The molecule has 19 heavy (non-hydrogen) atoms. The van der Waals surface area contributed by atoms with Gasteiger partial charge in [0, 0.05) is 5.54 Å². The monoisotopic (exact) mass is 259 g/mol. The zero-order chi connectivity index (χ0) is 13.1. The van der Waals surface area contributed by atoms with Crippen LogP contribution in [0.25, 0.3) is 0 Å². The molecule has 2 atom stereocenters. The predicted octanol–water partition coefficient (Wildman–Crippen LogP) is 3.61. The Hall–Kier alpha value is -0.860. The third-order valence-electron chi connectivity index (χ3n) is 4.73. The zero-order valence-electron chi connectivity index (χ0n) is 12.0. The van der Waals surface area contributed by atoms with Crippen LogP contribution in [0.4, 0.5) is 0 Å². The summed E-state index contributed by atoms with van der Waals surface area (Å²) in [5.74, 6) is 0. The van der Waals surface area contributed by atoms with Crippen molar-refractivity contribution in [2.24, 2.45) is 0 Å². The molecule has 0 radical (unpaired) electrons. The number of nitrogens with one attached hydrogen (secondary N) is 1. The Balaban J connectivity index is 1.80. The maximum absolute atomic E-state index is 6.10. The van der Waals surface area contributed by atoms with E-state index in [2.05, 4.69) is 36.5 Å². The molecule has 2 aliphatic rings. The minimum atomic E-state index is 0.294. The summed E-state index contributed by atoms with van der Waals surface area (Å²) < 4.78 is 6.10. The van der Waals surface area contributed by atoms with Gasteiger partial charge in [-0.2, -0.15) is 0 Å². The summed E-state index contributed by atoms with van der Waals surface area (Å²) in [6, 6.07) is 8.82. The Kier molecular flexibility index (Phi) is 3.90. The van der Waals surface area contributed by atoms with Crippen molar-refractivity contribution in [3.63, 3.8) is 0 Å². The summed E-state index contributed by atoms with van der Waals surface area (Å²) >= 11 is 0. The second-order valence-electron chi connectivity index (χ2n) is 6.07. The van der Waals surface area contributed by atoms with E-state index in [4.69, 9.17) is 4.74 Å². The Bertz CT molecular complexity index is 423. The lowest BCUT2D eigenvalue weighted by Crippen LogP contribution is -2.42. The molecule has 0 bridgehead atoms. The Morgan fingerprint density at radius 3 is 3.05 bits per heavy atom. The molecule has 1 fully saturated rings. The van der Waals surface area contributed by atoms with Crippen molar-refractivity contribution in [3.05, 3.63) is 35.4 Å². The molecule has 0 spiro atoms. The molecule has 1 aromatic carbocycles. The van der Waals surface area contributed by atoms with Crippen LogP contribution in [0, 0.1) is 0 Å². The minimum absolute atomic E-state index is 0.294. The van der Waals surface area contributed by atoms with Crippen LogP contribution in [0.15, 0.2) is 24.3 Å². The highest BCUT2D eigenvalue weighted by atomic mass is 16.5. The van der Waals surface area contributed by atoms with Crippen LogP contribution in [-0.2, 0) is 11.2 Å². The van der Waals surface area contributed by atoms with Gasteiger partial charge in [-0.1, -0.05) is 37.6 Å². The number of ether oxygens (including phenoxy) is 1. The van der Waals surface area contributed by atoms with E-state index in [1.54, 1.807) is 0 Å². The van der Waals surface area contributed by atoms with E-state index in [1.165, 1.54) is 43.4 Å². The topological polar surface area (TPSA) is 21.3 Å². The molecule has 2 nitrogen and oxygen atoms in total. The molecule has 2 aliphatic heterocycles. The normalized spacial score (nSPS) is 30.3. The average molecular weight is 259 g/mol. The lowest BCUT2D eigenvalue weighted by Gasteiger charge is -2.36. The van der Waals surface area contributed by atoms with E-state index >= 15 is 0 Å². The van der Waals surface area contributed by atoms with Crippen molar-refractivity contribution in [3.8, 4) is 0 Å². The molecule has 1 N–H and O–H groups in total. The van der Waals surface area contributed by atoms with Gasteiger partial charge in [0.05, 0.1) is 12.7 Å². The summed E-state index contributed by atoms with van der Waals surface area (Å²) in [6.45, 7) is 4.34. The van der Waals surface area contributed by atoms with Gasteiger partial charge in [-0.15, -0.1) is 0 Å². The maximum atomic E-state index is 6.10. The SMILES string of the molecule is CCCC1(CC2OCCc3ccccc32)CCCN1. The van der Waals surface area contributed by atoms with Gasteiger partial charge >= 0.3 is 0 Å². The van der Waals surface area contributed by atoms with Gasteiger partial charge in [0.1, 0.15) is 0 Å². The second-order valence-corrected chi connectivity index (χ2v) is 6.07. The summed E-state index contributed by atoms with van der Waals surface area (Å²) in [6.07, 6.45) is 7.65. The van der Waals surface area contributed by atoms with Gasteiger partial charge in [0.15, 0.2) is 0 Å². The standard InChI is InChI=1S/C17H25NO/c1-2-9-17(10-5-11-18-17)13-16-15-7-4-3-6-14(15)8-12-19-16/h3-4,6-7,16,18H,2,5,8-13H2,1H3. The zero-order valence-corrected chi connectivity index (χ0v) is 12.0. The Morgan fingerprint density at radius 2 is 2.26 bits per heavy atom. The molecule has 0 aliphatic carbocycles. The van der Waals surface area contributed by atoms with Crippen LogP contribution in [0.5, 0.6) is 0 Å². The lowest BCUT2D eigenvalue weighted by atomic mass is 9.82. The van der Waals surface area contributed by atoms with Gasteiger partial charge in [-0.25, -0.2) is 0 Å². The van der Waals surface area contributed by atoms with Crippen LogP contribution in [-0.4, -0.2) is 18.7 Å². The van der Waals surface area contributed by atoms with Gasteiger partial charge in [-0.05, 0) is 49.8 Å². The molecule has 0 amide bonds. The highest BCUT2D eigenvalue weighted by molar-refractivity contribution is 5.31. The van der Waals surface area contributed by atoms with Crippen molar-refractivity contribution >= 4 is 0 Å². The smallest absolute Gasteiger partial charge is 0.0845 e. The molecule has 0 aromatic heterocycles. The highest BCUT2D eigenvalue weighted by Gasteiger charge is 2.36. The van der Waals surface area contributed by atoms with Gasteiger partial charge in [-0.3, -0.25) is 0 Å². The molecule has 2 heteroatoms. The fraction of sp³-hybridized carbons (Fsp3) is 0.647. The van der Waals surface area contributed by atoms with Gasteiger partial charge in [0.2, 0.25) is 0 Å². The highest BCUT2D eigenvalue weighted by Crippen LogP contribution is 2.38. The first-order valence-corrected chi connectivity index (χ1v) is 7.77. The van der Waals surface area contributed by atoms with E-state index in [9.17, 15) is 0 Å². The fourth-order valence-electron chi connectivity index (χ4n) is 3.84. The van der Waals surface area contributed by atoms with Crippen LogP contribution in [0.2, 0.25) is 0 Å². The number of fused-ring (bicyclic) bond motifs is 1. The predicted molar refractivity (Wildman–Crippen MR) is 78.3 cm³/mol. The number of hydrogen-bond donors (Lipinski definition) is 1. The Morgan fingerprint density at radius 1 is 1.37 bits per heavy atom. The van der Waals surface area contributed by atoms with Crippen molar-refractivity contribution in [1.82, 2.24) is 5.32 Å². The van der Waals surface area contributed by atoms with E-state index in [-0.39, 0.29) is 0 Å². The van der Waals surface area contributed by atoms with Crippen molar-refractivity contribution < 1.29 is 4.74 Å². The molecular formula is C17H25NO. The van der Waals surface area contributed by atoms with E-state index < -0.39 is 0 Å². The summed E-state index contributed by atoms with van der Waals surface area (Å²) in [7, 11) is 0. The van der Waals surface area contributed by atoms with Crippen molar-refractivity contribution in [2.75, 3.05) is 13.2 Å². The molecule has 1 saturated heterocycles. The average Bonchev–Trinajstić information content (AvgIpc) is 2.88. The van der Waals surface area contributed by atoms with Crippen LogP contribution in [0.3, 0.4) is 0 Å². The molecule has 2 heterocycles. The van der Waals surface area contributed by atoms with Crippen LogP contribution >= 0.6 is 0 Å². The third-order valence-corrected chi connectivity index (χ3v) is 4.73. The van der Waals surface area contributed by atoms with Crippen molar-refractivity contribution in [1.29, 1.82) is 0 Å². The third kappa shape index (κ3) is 2.70. The molecular weight excluding hydrogens is 234 g/mol. The quantitative estimate of drug-likeness (QED) is 0.892. The number of benzene rings is 1. The van der Waals surface area contributed by atoms with Gasteiger partial charge < -0.3 is 10.1 Å². The maximum Gasteiger partial charge on any atom is 0.0845 e. The van der Waals surface area contributed by atoms with E-state index in [0.29, 0.717) is 11.6 Å². The number of hydrogen-bond acceptors (Lipinski definition) is 2. The fourth-order valence-corrected chi connectivity index (χ4v) is 3.84. The van der Waals surface area contributed by atoms with Crippen LogP contribution in [0.1, 0.15) is 56.3 Å². The Labute approximate surface area is 116 Å². The minimum Gasteiger partial charge on any atom is -0.373 e. The van der Waals surface area contributed by atoms with Crippen LogP contribution < -0.4 is 5.32 Å². The van der Waals surface area contributed by atoms with Crippen molar-refractivity contribution in [2.45, 2.75) is 57.1 Å². The first-order chi connectivity index (χ1) is 9.33. The second kappa shape index (κ2) is 5.64.